The first-order valence-corrected chi connectivity index (χ1v) is 59.4. The van der Waals surface area contributed by atoms with Crippen molar-refractivity contribution < 1.29 is 0 Å². The summed E-state index contributed by atoms with van der Waals surface area (Å²) in [6, 6.07) is 0. The van der Waals surface area contributed by atoms with Gasteiger partial charge in [0.15, 0.2) is 0 Å². The Morgan fingerprint density at radius 2 is 0.630 bits per heavy atom. The molecule has 1 heterocycles. The smallest absolute Gasteiger partial charge is 0.0620 e. The Kier molecular flexibility index (Phi) is 14.0. The van der Waals surface area contributed by atoms with E-state index in [0.29, 0.717) is 0 Å². The molecule has 1 aliphatic rings. The molecule has 0 bridgehead atoms. The van der Waals surface area contributed by atoms with Crippen LogP contribution in [0.3, 0.4) is 0 Å². The normalized spacial score (nSPS) is 20.5. The largest absolute Gasteiger partial charge is 0.0698 e. The predicted octanol–water partition coefficient (Wildman–Crippen LogP) is 13.5. The SMILES string of the molecule is CC(C)[Si](C([Si](C)(C)C)[Si](C)(C)C)(C([Si](C)(C)C)[Si](C)(C)C)[Si]1=[Si](C([Si](C)(C)C)[Si](C)(C)C)[Si]1(C(C)C)C([Si](C)(C)C)[Si](C)(C)C. The summed E-state index contributed by atoms with van der Waals surface area (Å²) in [7, 11) is -15.1. The molecule has 0 fully saturated rings. The van der Waals surface area contributed by atoms with Gasteiger partial charge in [-0.2, -0.15) is 0 Å². The number of hydrogen-bond donors (Lipinski definition) is 0. The van der Waals surface area contributed by atoms with E-state index in [4.69, 9.17) is 0 Å². The quantitative estimate of drug-likeness (QED) is 0.144. The lowest BCUT2D eigenvalue weighted by molar-refractivity contribution is 0.988. The van der Waals surface area contributed by atoms with E-state index in [9.17, 15) is 0 Å². The molecule has 0 spiro atoms. The molecule has 1 unspecified atom stereocenters. The van der Waals surface area contributed by atoms with Gasteiger partial charge in [-0.15, -0.1) is 0 Å². The molecule has 0 radical (unpaired) electrons. The van der Waals surface area contributed by atoms with E-state index in [1.54, 1.807) is 0 Å². The molecule has 0 nitrogen and oxygen atoms in total. The summed E-state index contributed by atoms with van der Waals surface area (Å²) in [5.41, 5.74) is 2.00. The Balaban J connectivity index is 5.19. The van der Waals surface area contributed by atoms with Crippen LogP contribution in [0.5, 0.6) is 0 Å². The van der Waals surface area contributed by atoms with Gasteiger partial charge in [0.05, 0.1) is 14.7 Å². The van der Waals surface area contributed by atoms with Crippen LogP contribution in [0, 0.1) is 0 Å². The van der Waals surface area contributed by atoms with Gasteiger partial charge in [-0.3, -0.25) is 0 Å². The lowest BCUT2D eigenvalue weighted by Crippen LogP contribution is -2.76. The third-order valence-corrected chi connectivity index (χ3v) is 148. The molecular weight excluding hydrogens is 745 g/mol. The average molecular weight is 836 g/mol. The van der Waals surface area contributed by atoms with Crippen molar-refractivity contribution in [3.63, 3.8) is 0 Å². The number of rotatable bonds is 15. The first kappa shape index (κ1) is 46.6. The summed E-state index contributed by atoms with van der Waals surface area (Å²) >= 11 is 0. The van der Waals surface area contributed by atoms with Crippen molar-refractivity contribution in [1.29, 1.82) is 0 Å². The maximum absolute atomic E-state index is 2.93. The topological polar surface area (TPSA) is 0 Å². The van der Waals surface area contributed by atoms with Crippen LogP contribution in [-0.2, 0) is 0 Å². The highest BCUT2D eigenvalue weighted by Gasteiger charge is 2.78. The Morgan fingerprint density at radius 1 is 0.370 bits per heavy atom. The first-order chi connectivity index (χ1) is 19.6. The van der Waals surface area contributed by atoms with E-state index in [-0.39, 0.29) is 7.41 Å². The van der Waals surface area contributed by atoms with Gasteiger partial charge in [-0.1, -0.05) is 210 Å². The van der Waals surface area contributed by atoms with Crippen molar-refractivity contribution in [2.75, 3.05) is 0 Å². The fourth-order valence-corrected chi connectivity index (χ4v) is 294. The fourth-order valence-electron chi connectivity index (χ4n) is 14.2. The second kappa shape index (κ2) is 13.8. The maximum atomic E-state index is 2.93. The maximum Gasteiger partial charge on any atom is 0.0620 e. The highest BCUT2D eigenvalue weighted by molar-refractivity contribution is 8.02. The van der Waals surface area contributed by atoms with Crippen LogP contribution < -0.4 is 0 Å². The molecule has 46 heavy (non-hydrogen) atoms. The highest BCUT2D eigenvalue weighted by atomic mass is 30.1. The molecule has 0 aromatic rings. The van der Waals surface area contributed by atoms with Crippen LogP contribution in [0.25, 0.3) is 0 Å². The summed E-state index contributed by atoms with van der Waals surface area (Å²) < 4.78 is 0. The van der Waals surface area contributed by atoms with Gasteiger partial charge >= 0.3 is 0 Å². The van der Waals surface area contributed by atoms with Crippen molar-refractivity contribution in [2.24, 2.45) is 0 Å². The van der Waals surface area contributed by atoms with Gasteiger partial charge in [0.25, 0.3) is 0 Å². The van der Waals surface area contributed by atoms with E-state index >= 15 is 0 Å². The van der Waals surface area contributed by atoms with Crippen LogP contribution in [-0.4, -0.2) is 93.6 Å². The molecule has 0 N–H and O–H groups in total. The van der Waals surface area contributed by atoms with E-state index in [1.807, 2.05) is 0 Å². The Hall–Kier alpha value is 2.60. The molecule has 1 rings (SSSR count). The van der Waals surface area contributed by atoms with Crippen molar-refractivity contribution in [2.45, 2.75) is 215 Å². The average Bonchev–Trinajstić information content (AvgIpc) is 3.26. The minimum atomic E-state index is -1.80. The van der Waals surface area contributed by atoms with Gasteiger partial charge in [-0.05, 0) is 19.1 Å². The van der Waals surface area contributed by atoms with Gasteiger partial charge in [0.1, 0.15) is 0 Å². The summed E-state index contributed by atoms with van der Waals surface area (Å²) in [5, 5.41) is 0. The zero-order valence-corrected chi connectivity index (χ0v) is 49.5. The Bertz CT molecular complexity index is 1010. The molecule has 274 valence electrons. The third-order valence-electron chi connectivity index (χ3n) is 12.0. The standard InChI is InChI=1S/C34H90Si12/c1-29(2)45(32(39(11,12)13)40(14,15)16,33(41(17,18)19)42(20,21)22)36-35(31(37(5,6)7)38(8,9)10)46(36,30(3)4)34(43(23,24)25)44(26,27)28/h29-34H,1-28H3. The zero-order valence-electron chi connectivity index (χ0n) is 37.5. The van der Waals surface area contributed by atoms with E-state index in [0.717, 1.165) is 11.1 Å². The van der Waals surface area contributed by atoms with Crippen LogP contribution in [0.1, 0.15) is 27.7 Å². The molecular formula is C34H90Si12. The van der Waals surface area contributed by atoms with Crippen LogP contribution in [0.2, 0.25) is 187 Å². The predicted molar refractivity (Wildman–Crippen MR) is 255 cm³/mol. The van der Waals surface area contributed by atoms with Gasteiger partial charge in [0, 0.05) is 64.6 Å². The highest BCUT2D eigenvalue weighted by Crippen LogP contribution is 2.65. The lowest BCUT2D eigenvalue weighted by atomic mass is 10.6. The van der Waals surface area contributed by atoms with Crippen LogP contribution in [0.15, 0.2) is 0 Å². The summed E-state index contributed by atoms with van der Waals surface area (Å²) in [4.78, 5) is 4.82. The molecule has 1 atom stereocenters. The van der Waals surface area contributed by atoms with Gasteiger partial charge < -0.3 is 0 Å². The second-order valence-electron chi connectivity index (χ2n) is 25.6. The molecule has 0 aromatic heterocycles. The molecule has 0 aromatic carbocycles. The van der Waals surface area contributed by atoms with E-state index in [2.05, 4.69) is 185 Å². The molecule has 0 amide bonds. The van der Waals surface area contributed by atoms with Crippen molar-refractivity contribution >= 4 is 93.6 Å². The van der Waals surface area contributed by atoms with Crippen molar-refractivity contribution in [3.8, 4) is 0 Å². The van der Waals surface area contributed by atoms with Crippen molar-refractivity contribution in [3.05, 3.63) is 0 Å². The molecule has 0 saturated heterocycles. The molecule has 1 aliphatic heterocycles. The van der Waals surface area contributed by atoms with Crippen LogP contribution in [0.4, 0.5) is 0 Å². The summed E-state index contributed by atoms with van der Waals surface area (Å²) in [6.45, 7) is 81.1. The number of hydrogen-bond acceptors (Lipinski definition) is 0. The van der Waals surface area contributed by atoms with Gasteiger partial charge in [-0.25, -0.2) is 0 Å². The molecule has 0 saturated carbocycles. The minimum Gasteiger partial charge on any atom is -0.0698 e. The second-order valence-corrected chi connectivity index (χ2v) is 108. The first-order valence-electron chi connectivity index (χ1n) is 19.4. The van der Waals surface area contributed by atoms with E-state index < -0.39 is 86.2 Å². The Labute approximate surface area is 306 Å². The zero-order chi connectivity index (χ0) is 37.6. The minimum absolute atomic E-state index is 0.381. The monoisotopic (exact) mass is 834 g/mol. The summed E-state index contributed by atoms with van der Waals surface area (Å²) in [6.07, 6.45) is 0. The van der Waals surface area contributed by atoms with Gasteiger partial charge in [0.2, 0.25) is 0 Å². The van der Waals surface area contributed by atoms with Crippen LogP contribution >= 0.6 is 0 Å². The lowest BCUT2D eigenvalue weighted by Gasteiger charge is -2.63. The van der Waals surface area contributed by atoms with Crippen molar-refractivity contribution in [1.82, 2.24) is 0 Å². The third kappa shape index (κ3) is 8.86. The molecule has 0 aliphatic carbocycles. The summed E-state index contributed by atoms with van der Waals surface area (Å²) in [5.74, 6) is 0. The fraction of sp³-hybridized carbons (Fsp3) is 1.00. The Morgan fingerprint density at radius 3 is 0.783 bits per heavy atom. The molecule has 12 heteroatoms. The van der Waals surface area contributed by atoms with E-state index in [1.165, 1.54) is 19.2 Å².